The van der Waals surface area contributed by atoms with Crippen molar-refractivity contribution in [3.05, 3.63) is 24.3 Å². The molecule has 8 nitrogen and oxygen atoms in total. The van der Waals surface area contributed by atoms with E-state index in [1.807, 2.05) is 0 Å². The first kappa shape index (κ1) is 19.1. The number of hydrogen-bond donors (Lipinski definition) is 0. The van der Waals surface area contributed by atoms with E-state index >= 15 is 0 Å². The number of carbonyl (C=O) groups is 1. The van der Waals surface area contributed by atoms with Crippen molar-refractivity contribution in [1.29, 1.82) is 0 Å². The van der Waals surface area contributed by atoms with E-state index in [4.69, 9.17) is 0 Å². The van der Waals surface area contributed by atoms with E-state index in [9.17, 15) is 21.6 Å². The van der Waals surface area contributed by atoms with Crippen LogP contribution < -0.4 is 4.31 Å². The quantitative estimate of drug-likeness (QED) is 0.734. The zero-order chi connectivity index (χ0) is 18.9. The van der Waals surface area contributed by atoms with E-state index in [2.05, 4.69) is 0 Å². The highest BCUT2D eigenvalue weighted by atomic mass is 32.2. The van der Waals surface area contributed by atoms with Crippen LogP contribution in [0.4, 0.5) is 5.69 Å². The molecule has 2 heterocycles. The molecule has 2 saturated heterocycles. The minimum atomic E-state index is -3.66. The molecule has 2 fully saturated rings. The molecule has 10 heteroatoms. The lowest BCUT2D eigenvalue weighted by molar-refractivity contribution is -0.129. The summed E-state index contributed by atoms with van der Waals surface area (Å²) >= 11 is 0. The lowest BCUT2D eigenvalue weighted by Gasteiger charge is -2.33. The number of benzene rings is 1. The molecule has 3 rings (SSSR count). The van der Waals surface area contributed by atoms with Gasteiger partial charge in [0, 0.05) is 39.6 Å². The third-order valence-electron chi connectivity index (χ3n) is 4.80. The molecule has 0 atom stereocenters. The zero-order valence-corrected chi connectivity index (χ0v) is 16.3. The molecule has 0 radical (unpaired) electrons. The molecule has 0 aromatic heterocycles. The summed E-state index contributed by atoms with van der Waals surface area (Å²) < 4.78 is 52.6. The Labute approximate surface area is 154 Å². The lowest BCUT2D eigenvalue weighted by atomic mass is 10.3. The summed E-state index contributed by atoms with van der Waals surface area (Å²) in [7, 11) is -6.98. The van der Waals surface area contributed by atoms with Crippen molar-refractivity contribution in [3.8, 4) is 0 Å². The summed E-state index contributed by atoms with van der Waals surface area (Å²) in [5.41, 5.74) is 0.491. The van der Waals surface area contributed by atoms with Crippen LogP contribution >= 0.6 is 0 Å². The summed E-state index contributed by atoms with van der Waals surface area (Å²) in [4.78, 5) is 13.1. The fraction of sp³-hybridized carbons (Fsp3) is 0.562. The Morgan fingerprint density at radius 2 is 1.58 bits per heavy atom. The van der Waals surface area contributed by atoms with Crippen LogP contribution in [0.3, 0.4) is 0 Å². The largest absolute Gasteiger partial charge is 0.340 e. The van der Waals surface area contributed by atoms with Crippen molar-refractivity contribution >= 4 is 31.6 Å². The number of nitrogens with zero attached hydrogens (tertiary/aromatic N) is 3. The summed E-state index contributed by atoms with van der Waals surface area (Å²) in [6.07, 6.45) is 1.44. The molecular formula is C16H23N3O5S2. The number of anilines is 1. The van der Waals surface area contributed by atoms with E-state index in [1.54, 1.807) is 17.0 Å². The second-order valence-electron chi connectivity index (χ2n) is 6.50. The SMILES string of the molecule is CC(=O)N1CCN(S(=O)(=O)c2ccc(N3CCCCS3(=O)=O)cc2)CC1. The predicted molar refractivity (Wildman–Crippen MR) is 97.8 cm³/mol. The fourth-order valence-electron chi connectivity index (χ4n) is 3.26. The van der Waals surface area contributed by atoms with Crippen molar-refractivity contribution in [3.63, 3.8) is 0 Å². The first-order chi connectivity index (χ1) is 12.2. The molecule has 0 spiro atoms. The number of hydrogen-bond acceptors (Lipinski definition) is 5. The molecule has 1 aromatic rings. The average Bonchev–Trinajstić information content (AvgIpc) is 2.61. The molecule has 0 unspecified atom stereocenters. The fourth-order valence-corrected chi connectivity index (χ4v) is 6.32. The van der Waals surface area contributed by atoms with Crippen LogP contribution in [0.5, 0.6) is 0 Å². The molecule has 1 amide bonds. The minimum absolute atomic E-state index is 0.0610. The van der Waals surface area contributed by atoms with E-state index in [0.717, 1.165) is 6.42 Å². The van der Waals surface area contributed by atoms with E-state index < -0.39 is 20.0 Å². The van der Waals surface area contributed by atoms with Crippen LogP contribution in [0.25, 0.3) is 0 Å². The van der Waals surface area contributed by atoms with Gasteiger partial charge in [0.2, 0.25) is 26.0 Å². The van der Waals surface area contributed by atoms with Gasteiger partial charge in [0.1, 0.15) is 0 Å². The summed E-state index contributed by atoms with van der Waals surface area (Å²) in [5.74, 6) is 0.0575. The van der Waals surface area contributed by atoms with E-state index in [1.165, 1.54) is 27.7 Å². The Hall–Kier alpha value is -1.65. The van der Waals surface area contributed by atoms with Gasteiger partial charge in [-0.15, -0.1) is 0 Å². The Kier molecular flexibility index (Phi) is 5.27. The predicted octanol–water partition coefficient (Wildman–Crippen LogP) is 0.469. The van der Waals surface area contributed by atoms with Crippen molar-refractivity contribution in [2.75, 3.05) is 42.8 Å². The number of piperazine rings is 1. The third-order valence-corrected chi connectivity index (χ3v) is 8.58. The molecule has 26 heavy (non-hydrogen) atoms. The maximum absolute atomic E-state index is 12.8. The normalized spacial score (nSPS) is 21.6. The van der Waals surface area contributed by atoms with Crippen molar-refractivity contribution in [1.82, 2.24) is 9.21 Å². The van der Waals surface area contributed by atoms with Gasteiger partial charge in [-0.25, -0.2) is 16.8 Å². The molecule has 1 aromatic carbocycles. The van der Waals surface area contributed by atoms with Crippen LogP contribution in [0.1, 0.15) is 19.8 Å². The molecule has 0 aliphatic carbocycles. The molecule has 2 aliphatic rings. The highest BCUT2D eigenvalue weighted by Crippen LogP contribution is 2.26. The second-order valence-corrected chi connectivity index (χ2v) is 10.5. The zero-order valence-electron chi connectivity index (χ0n) is 14.7. The smallest absolute Gasteiger partial charge is 0.243 e. The summed E-state index contributed by atoms with van der Waals surface area (Å²) in [5, 5.41) is 0. The summed E-state index contributed by atoms with van der Waals surface area (Å²) in [6, 6.07) is 5.99. The Bertz CT molecular complexity index is 873. The lowest BCUT2D eigenvalue weighted by Crippen LogP contribution is -2.49. The molecular weight excluding hydrogens is 378 g/mol. The first-order valence-corrected chi connectivity index (χ1v) is 11.6. The molecule has 0 saturated carbocycles. The number of carbonyl (C=O) groups excluding carboxylic acids is 1. The van der Waals surface area contributed by atoms with Gasteiger partial charge < -0.3 is 4.90 Å². The van der Waals surface area contributed by atoms with Gasteiger partial charge in [0.05, 0.1) is 16.3 Å². The van der Waals surface area contributed by atoms with E-state index in [0.29, 0.717) is 31.7 Å². The van der Waals surface area contributed by atoms with Gasteiger partial charge in [-0.05, 0) is 37.1 Å². The second kappa shape index (κ2) is 7.16. The first-order valence-electron chi connectivity index (χ1n) is 8.58. The van der Waals surface area contributed by atoms with Gasteiger partial charge >= 0.3 is 0 Å². The Morgan fingerprint density at radius 3 is 2.12 bits per heavy atom. The average molecular weight is 402 g/mol. The topological polar surface area (TPSA) is 95.1 Å². The molecule has 0 N–H and O–H groups in total. The maximum Gasteiger partial charge on any atom is 0.243 e. The highest BCUT2D eigenvalue weighted by molar-refractivity contribution is 7.92. The Balaban J connectivity index is 1.76. The number of rotatable bonds is 3. The van der Waals surface area contributed by atoms with Crippen molar-refractivity contribution < 1.29 is 21.6 Å². The molecule has 144 valence electrons. The standard InChI is InChI=1S/C16H23N3O5S2/c1-14(20)17-9-11-18(12-10-17)26(23,24)16-6-4-15(5-7-16)19-8-2-3-13-25(19,21)22/h4-7H,2-3,8-13H2,1H3. The van der Waals surface area contributed by atoms with Gasteiger partial charge in [-0.2, -0.15) is 4.31 Å². The third kappa shape index (κ3) is 3.72. The van der Waals surface area contributed by atoms with Gasteiger partial charge in [-0.3, -0.25) is 9.10 Å². The Morgan fingerprint density at radius 1 is 0.962 bits per heavy atom. The van der Waals surface area contributed by atoms with Gasteiger partial charge in [-0.1, -0.05) is 0 Å². The highest BCUT2D eigenvalue weighted by Gasteiger charge is 2.30. The van der Waals surface area contributed by atoms with Crippen molar-refractivity contribution in [2.45, 2.75) is 24.7 Å². The van der Waals surface area contributed by atoms with Crippen LogP contribution in [0.15, 0.2) is 29.2 Å². The van der Waals surface area contributed by atoms with Crippen molar-refractivity contribution in [2.24, 2.45) is 0 Å². The van der Waals surface area contributed by atoms with Crippen LogP contribution in [-0.4, -0.2) is 70.4 Å². The van der Waals surface area contributed by atoms with Gasteiger partial charge in [0.15, 0.2) is 0 Å². The van der Waals surface area contributed by atoms with Gasteiger partial charge in [0.25, 0.3) is 0 Å². The monoisotopic (exact) mass is 401 g/mol. The minimum Gasteiger partial charge on any atom is -0.340 e. The van der Waals surface area contributed by atoms with Crippen LogP contribution in [0, 0.1) is 0 Å². The molecule has 0 bridgehead atoms. The number of sulfonamides is 2. The van der Waals surface area contributed by atoms with Crippen LogP contribution in [0.2, 0.25) is 0 Å². The van der Waals surface area contributed by atoms with Crippen LogP contribution in [-0.2, 0) is 24.8 Å². The maximum atomic E-state index is 12.8. The number of amides is 1. The van der Waals surface area contributed by atoms with E-state index in [-0.39, 0.29) is 29.6 Å². The molecule has 2 aliphatic heterocycles. The summed E-state index contributed by atoms with van der Waals surface area (Å²) in [6.45, 7) is 3.14.